The number of anilines is 1. The van der Waals surface area contributed by atoms with Crippen LogP contribution in [0.1, 0.15) is 12.0 Å². The van der Waals surface area contributed by atoms with Gasteiger partial charge >= 0.3 is 0 Å². The minimum absolute atomic E-state index is 0.825. The molecule has 5 aromatic rings. The van der Waals surface area contributed by atoms with Crippen molar-refractivity contribution in [2.75, 3.05) is 11.9 Å². The summed E-state index contributed by atoms with van der Waals surface area (Å²) in [6.45, 7) is 3.84. The Kier molecular flexibility index (Phi) is 5.19. The molecule has 6 heteroatoms. The van der Waals surface area contributed by atoms with E-state index in [1.165, 1.54) is 5.56 Å². The SMILES string of the molecule is Cc1cccc(-c2cc3nc(-c4ccccc4)cc(NCCCn4ccnc4)n3n2)c1. The molecule has 0 spiro atoms. The molecular formula is C25H24N6. The molecule has 3 heterocycles. The lowest BCUT2D eigenvalue weighted by Gasteiger charge is -2.11. The van der Waals surface area contributed by atoms with E-state index >= 15 is 0 Å². The van der Waals surface area contributed by atoms with Crippen LogP contribution in [-0.2, 0) is 6.54 Å². The number of aryl methyl sites for hydroxylation is 2. The fraction of sp³-hybridized carbons (Fsp3) is 0.160. The molecular weight excluding hydrogens is 384 g/mol. The van der Waals surface area contributed by atoms with E-state index in [1.807, 2.05) is 41.4 Å². The minimum atomic E-state index is 0.825. The summed E-state index contributed by atoms with van der Waals surface area (Å²) in [5, 5.41) is 8.43. The maximum atomic E-state index is 4.89. The first-order chi connectivity index (χ1) is 15.3. The molecule has 154 valence electrons. The molecule has 0 radical (unpaired) electrons. The van der Waals surface area contributed by atoms with E-state index < -0.39 is 0 Å². The van der Waals surface area contributed by atoms with E-state index in [0.717, 1.165) is 53.5 Å². The highest BCUT2D eigenvalue weighted by molar-refractivity contribution is 5.70. The molecule has 0 aliphatic carbocycles. The zero-order valence-corrected chi connectivity index (χ0v) is 17.4. The minimum Gasteiger partial charge on any atom is -0.370 e. The van der Waals surface area contributed by atoms with E-state index in [2.05, 4.69) is 70.3 Å². The molecule has 0 saturated carbocycles. The highest BCUT2D eigenvalue weighted by Gasteiger charge is 2.12. The van der Waals surface area contributed by atoms with E-state index in [-0.39, 0.29) is 0 Å². The van der Waals surface area contributed by atoms with Crippen molar-refractivity contribution in [2.45, 2.75) is 19.9 Å². The third-order valence-corrected chi connectivity index (χ3v) is 5.27. The van der Waals surface area contributed by atoms with Gasteiger partial charge in [0.1, 0.15) is 5.82 Å². The van der Waals surface area contributed by atoms with Gasteiger partial charge in [0.25, 0.3) is 0 Å². The normalized spacial score (nSPS) is 11.1. The summed E-state index contributed by atoms with van der Waals surface area (Å²) >= 11 is 0. The fourth-order valence-corrected chi connectivity index (χ4v) is 3.70. The van der Waals surface area contributed by atoms with Gasteiger partial charge in [0.2, 0.25) is 0 Å². The first-order valence-corrected chi connectivity index (χ1v) is 10.5. The smallest absolute Gasteiger partial charge is 0.158 e. The highest BCUT2D eigenvalue weighted by atomic mass is 15.3. The standard InChI is InChI=1S/C25H24N6/c1-19-7-5-10-21(15-19)23-17-25-28-22(20-8-3-2-4-9-20)16-24(31(25)29-23)27-11-6-13-30-14-12-26-18-30/h2-5,7-10,12,14-18,27H,6,11,13H2,1H3. The van der Waals surface area contributed by atoms with Crippen molar-refractivity contribution in [3.05, 3.63) is 91.0 Å². The first-order valence-electron chi connectivity index (χ1n) is 10.5. The summed E-state index contributed by atoms with van der Waals surface area (Å²) in [6.07, 6.45) is 6.62. The van der Waals surface area contributed by atoms with Crippen molar-refractivity contribution in [3.8, 4) is 22.5 Å². The number of aromatic nitrogens is 5. The molecule has 0 fully saturated rings. The van der Waals surface area contributed by atoms with Crippen molar-refractivity contribution in [1.29, 1.82) is 0 Å². The van der Waals surface area contributed by atoms with Crippen LogP contribution in [-0.4, -0.2) is 30.7 Å². The van der Waals surface area contributed by atoms with Crippen LogP contribution in [0.25, 0.3) is 28.2 Å². The van der Waals surface area contributed by atoms with Gasteiger partial charge in [0.05, 0.1) is 17.7 Å². The van der Waals surface area contributed by atoms with Crippen LogP contribution in [0.5, 0.6) is 0 Å². The van der Waals surface area contributed by atoms with E-state index in [9.17, 15) is 0 Å². The molecule has 0 aliphatic heterocycles. The molecule has 2 aromatic carbocycles. The van der Waals surface area contributed by atoms with Gasteiger partial charge in [-0.3, -0.25) is 0 Å². The van der Waals surface area contributed by atoms with Gasteiger partial charge in [0, 0.05) is 48.7 Å². The molecule has 0 aliphatic rings. The van der Waals surface area contributed by atoms with Gasteiger partial charge in [-0.25, -0.2) is 9.97 Å². The van der Waals surface area contributed by atoms with Gasteiger partial charge in [-0.05, 0) is 19.4 Å². The number of hydrogen-bond acceptors (Lipinski definition) is 4. The van der Waals surface area contributed by atoms with E-state index in [4.69, 9.17) is 10.1 Å². The van der Waals surface area contributed by atoms with Crippen LogP contribution in [0.2, 0.25) is 0 Å². The first kappa shape index (κ1) is 19.1. The molecule has 6 nitrogen and oxygen atoms in total. The number of fused-ring (bicyclic) bond motifs is 1. The van der Waals surface area contributed by atoms with E-state index in [1.54, 1.807) is 0 Å². The number of nitrogens with one attached hydrogen (secondary N) is 1. The summed E-state index contributed by atoms with van der Waals surface area (Å²) in [7, 11) is 0. The molecule has 0 unspecified atom stereocenters. The Bertz CT molecular complexity index is 1290. The van der Waals surface area contributed by atoms with Crippen molar-refractivity contribution in [3.63, 3.8) is 0 Å². The van der Waals surface area contributed by atoms with Gasteiger partial charge in [-0.2, -0.15) is 9.61 Å². The molecule has 31 heavy (non-hydrogen) atoms. The summed E-state index contributed by atoms with van der Waals surface area (Å²) in [5.74, 6) is 0.938. The Morgan fingerprint density at radius 3 is 2.58 bits per heavy atom. The van der Waals surface area contributed by atoms with E-state index in [0.29, 0.717) is 0 Å². The second kappa shape index (κ2) is 8.44. The Hall–Kier alpha value is -3.93. The zero-order chi connectivity index (χ0) is 21.0. The average molecular weight is 409 g/mol. The molecule has 5 rings (SSSR count). The van der Waals surface area contributed by atoms with Crippen molar-refractivity contribution >= 4 is 11.5 Å². The van der Waals surface area contributed by atoms with Crippen LogP contribution < -0.4 is 5.32 Å². The summed E-state index contributed by atoms with van der Waals surface area (Å²) in [4.78, 5) is 8.99. The Morgan fingerprint density at radius 1 is 0.903 bits per heavy atom. The van der Waals surface area contributed by atoms with Crippen LogP contribution in [0.15, 0.2) is 85.5 Å². The highest BCUT2D eigenvalue weighted by Crippen LogP contribution is 2.26. The monoisotopic (exact) mass is 408 g/mol. The number of nitrogens with zero attached hydrogens (tertiary/aromatic N) is 5. The van der Waals surface area contributed by atoms with Crippen molar-refractivity contribution in [2.24, 2.45) is 0 Å². The molecule has 0 atom stereocenters. The zero-order valence-electron chi connectivity index (χ0n) is 17.4. The summed E-state index contributed by atoms with van der Waals surface area (Å²) in [6, 6.07) is 22.8. The lowest BCUT2D eigenvalue weighted by Crippen LogP contribution is -2.10. The second-order valence-electron chi connectivity index (χ2n) is 7.64. The fourth-order valence-electron chi connectivity index (χ4n) is 3.70. The number of rotatable bonds is 7. The van der Waals surface area contributed by atoms with Crippen LogP contribution in [0.4, 0.5) is 5.82 Å². The van der Waals surface area contributed by atoms with Crippen LogP contribution in [0, 0.1) is 6.92 Å². The average Bonchev–Trinajstić information content (AvgIpc) is 3.47. The van der Waals surface area contributed by atoms with Crippen molar-refractivity contribution in [1.82, 2.24) is 24.1 Å². The summed E-state index contributed by atoms with van der Waals surface area (Å²) in [5.41, 5.74) is 6.08. The topological polar surface area (TPSA) is 60.0 Å². The molecule has 0 bridgehead atoms. The van der Waals surface area contributed by atoms with Gasteiger partial charge in [-0.15, -0.1) is 0 Å². The predicted molar refractivity (Wildman–Crippen MR) is 124 cm³/mol. The maximum absolute atomic E-state index is 4.89. The quantitative estimate of drug-likeness (QED) is 0.382. The molecule has 3 aromatic heterocycles. The number of imidazole rings is 1. The largest absolute Gasteiger partial charge is 0.370 e. The Balaban J connectivity index is 1.49. The maximum Gasteiger partial charge on any atom is 0.158 e. The Morgan fingerprint density at radius 2 is 1.77 bits per heavy atom. The predicted octanol–water partition coefficient (Wildman–Crippen LogP) is 5.07. The number of hydrogen-bond donors (Lipinski definition) is 1. The van der Waals surface area contributed by atoms with Crippen LogP contribution >= 0.6 is 0 Å². The third kappa shape index (κ3) is 4.19. The van der Waals surface area contributed by atoms with Gasteiger partial charge < -0.3 is 9.88 Å². The number of benzene rings is 2. The van der Waals surface area contributed by atoms with Gasteiger partial charge in [-0.1, -0.05) is 54.1 Å². The van der Waals surface area contributed by atoms with Crippen LogP contribution in [0.3, 0.4) is 0 Å². The van der Waals surface area contributed by atoms with Gasteiger partial charge in [0.15, 0.2) is 5.65 Å². The van der Waals surface area contributed by atoms with Crippen molar-refractivity contribution < 1.29 is 0 Å². The second-order valence-corrected chi connectivity index (χ2v) is 7.64. The lowest BCUT2D eigenvalue weighted by atomic mass is 10.1. The molecule has 0 saturated heterocycles. The third-order valence-electron chi connectivity index (χ3n) is 5.27. The lowest BCUT2D eigenvalue weighted by molar-refractivity contribution is 0.659. The summed E-state index contributed by atoms with van der Waals surface area (Å²) < 4.78 is 3.99. The Labute approximate surface area is 181 Å². The molecule has 0 amide bonds. The molecule has 1 N–H and O–H groups in total.